The predicted octanol–water partition coefficient (Wildman–Crippen LogP) is 2.53. The number of rotatable bonds is 5. The number of halogens is 1. The van der Waals surface area contributed by atoms with Crippen molar-refractivity contribution in [3.63, 3.8) is 0 Å². The smallest absolute Gasteiger partial charge is 0.244 e. The lowest BCUT2D eigenvalue weighted by Crippen LogP contribution is -2.24. The maximum atomic E-state index is 12.2. The van der Waals surface area contributed by atoms with Crippen molar-refractivity contribution in [2.45, 2.75) is 24.8 Å². The fourth-order valence-corrected chi connectivity index (χ4v) is 4.18. The molecular formula is C12H14BrN3O2S2. The molecule has 0 atom stereocenters. The molecule has 8 heteroatoms. The van der Waals surface area contributed by atoms with Crippen LogP contribution in [0.1, 0.15) is 16.7 Å². The highest BCUT2D eigenvalue weighted by molar-refractivity contribution is 9.10. The molecule has 0 saturated carbocycles. The molecule has 2 aromatic rings. The number of anilines is 1. The van der Waals surface area contributed by atoms with Gasteiger partial charge in [0, 0.05) is 27.0 Å². The Labute approximate surface area is 130 Å². The molecule has 20 heavy (non-hydrogen) atoms. The number of pyridine rings is 1. The van der Waals surface area contributed by atoms with Crippen LogP contribution in [0.5, 0.6) is 0 Å². The summed E-state index contributed by atoms with van der Waals surface area (Å²) in [5.74, 6) is -0.0128. The molecule has 0 radical (unpaired) electrons. The zero-order valence-corrected chi connectivity index (χ0v) is 14.0. The standard InChI is InChI=1S/C12H14BrN3O2S2/c1-2-9-3-4-10(19-9)7-16-20(17,18)11-5-8(13)6-15-12(11)14/h3-6,16H,2,7H2,1H3,(H2,14,15). The number of nitrogen functional groups attached to an aromatic ring is 1. The maximum Gasteiger partial charge on any atom is 0.244 e. The number of nitrogens with two attached hydrogens (primary N) is 1. The molecule has 0 aliphatic carbocycles. The van der Waals surface area contributed by atoms with Gasteiger partial charge in [-0.3, -0.25) is 0 Å². The second kappa shape index (κ2) is 6.21. The third-order valence-electron chi connectivity index (χ3n) is 2.64. The molecule has 108 valence electrons. The van der Waals surface area contributed by atoms with Crippen molar-refractivity contribution in [1.29, 1.82) is 0 Å². The fourth-order valence-electron chi connectivity index (χ4n) is 1.60. The summed E-state index contributed by atoms with van der Waals surface area (Å²) in [6.45, 7) is 2.31. The number of hydrogen-bond acceptors (Lipinski definition) is 5. The maximum absolute atomic E-state index is 12.2. The number of thiophene rings is 1. The summed E-state index contributed by atoms with van der Waals surface area (Å²) in [4.78, 5) is 6.01. The first-order valence-electron chi connectivity index (χ1n) is 5.90. The Morgan fingerprint density at radius 2 is 2.10 bits per heavy atom. The van der Waals surface area contributed by atoms with Gasteiger partial charge in [-0.05, 0) is 40.5 Å². The van der Waals surface area contributed by atoms with E-state index < -0.39 is 10.0 Å². The van der Waals surface area contributed by atoms with E-state index in [1.165, 1.54) is 17.1 Å². The van der Waals surface area contributed by atoms with Gasteiger partial charge < -0.3 is 5.73 Å². The van der Waals surface area contributed by atoms with Crippen molar-refractivity contribution in [2.75, 3.05) is 5.73 Å². The van der Waals surface area contributed by atoms with Crippen molar-refractivity contribution in [1.82, 2.24) is 9.71 Å². The van der Waals surface area contributed by atoms with Crippen LogP contribution < -0.4 is 10.5 Å². The van der Waals surface area contributed by atoms with Gasteiger partial charge in [0.2, 0.25) is 10.0 Å². The molecule has 0 unspecified atom stereocenters. The number of sulfonamides is 1. The summed E-state index contributed by atoms with van der Waals surface area (Å²) in [7, 11) is -3.67. The van der Waals surface area contributed by atoms with Gasteiger partial charge >= 0.3 is 0 Å². The van der Waals surface area contributed by atoms with Crippen LogP contribution in [0, 0.1) is 0 Å². The Morgan fingerprint density at radius 1 is 1.40 bits per heavy atom. The second-order valence-electron chi connectivity index (χ2n) is 4.08. The summed E-state index contributed by atoms with van der Waals surface area (Å²) < 4.78 is 27.5. The van der Waals surface area contributed by atoms with Crippen molar-refractivity contribution in [3.8, 4) is 0 Å². The van der Waals surface area contributed by atoms with Gasteiger partial charge in [0.1, 0.15) is 10.7 Å². The molecule has 3 N–H and O–H groups in total. The largest absolute Gasteiger partial charge is 0.383 e. The summed E-state index contributed by atoms with van der Waals surface area (Å²) in [6, 6.07) is 5.37. The molecule has 0 amide bonds. The van der Waals surface area contributed by atoms with E-state index in [9.17, 15) is 8.42 Å². The van der Waals surface area contributed by atoms with Crippen molar-refractivity contribution in [2.24, 2.45) is 0 Å². The van der Waals surface area contributed by atoms with Gasteiger partial charge in [0.15, 0.2) is 0 Å². The minimum absolute atomic E-state index is 0.0128. The first-order valence-corrected chi connectivity index (χ1v) is 9.00. The van der Waals surface area contributed by atoms with E-state index in [0.717, 1.165) is 11.3 Å². The summed E-state index contributed by atoms with van der Waals surface area (Å²) >= 11 is 4.78. The Bertz CT molecular complexity index is 713. The first kappa shape index (κ1) is 15.4. The van der Waals surface area contributed by atoms with Crippen molar-refractivity contribution >= 4 is 43.1 Å². The van der Waals surface area contributed by atoms with Crippen LogP contribution in [0.4, 0.5) is 5.82 Å². The second-order valence-corrected chi connectivity index (χ2v) is 7.99. The highest BCUT2D eigenvalue weighted by atomic mass is 79.9. The topological polar surface area (TPSA) is 85.1 Å². The Morgan fingerprint density at radius 3 is 2.75 bits per heavy atom. The molecule has 2 aromatic heterocycles. The molecule has 0 spiro atoms. The van der Waals surface area contributed by atoms with E-state index >= 15 is 0 Å². The SMILES string of the molecule is CCc1ccc(CNS(=O)(=O)c2cc(Br)cnc2N)s1. The third kappa shape index (κ3) is 3.57. The average Bonchev–Trinajstić information content (AvgIpc) is 2.87. The number of nitrogens with zero attached hydrogens (tertiary/aromatic N) is 1. The van der Waals surface area contributed by atoms with Crippen LogP contribution in [0.2, 0.25) is 0 Å². The van der Waals surface area contributed by atoms with E-state index in [1.807, 2.05) is 12.1 Å². The first-order chi connectivity index (χ1) is 9.42. The number of aryl methyl sites for hydroxylation is 1. The van der Waals surface area contributed by atoms with Crippen LogP contribution in [0.15, 0.2) is 33.8 Å². The van der Waals surface area contributed by atoms with Gasteiger partial charge in [-0.2, -0.15) is 0 Å². The molecule has 2 heterocycles. The van der Waals surface area contributed by atoms with Gasteiger partial charge in [-0.25, -0.2) is 18.1 Å². The fraction of sp³-hybridized carbons (Fsp3) is 0.250. The number of nitrogens with one attached hydrogen (secondary N) is 1. The quantitative estimate of drug-likeness (QED) is 0.840. The molecule has 2 rings (SSSR count). The number of aromatic nitrogens is 1. The predicted molar refractivity (Wildman–Crippen MR) is 84.1 cm³/mol. The lowest BCUT2D eigenvalue weighted by Gasteiger charge is -2.08. The normalized spacial score (nSPS) is 11.7. The monoisotopic (exact) mass is 375 g/mol. The molecule has 0 aliphatic rings. The molecule has 0 fully saturated rings. The molecule has 0 bridgehead atoms. The molecule has 5 nitrogen and oxygen atoms in total. The van der Waals surface area contributed by atoms with Crippen molar-refractivity contribution < 1.29 is 8.42 Å². The van der Waals surface area contributed by atoms with Gasteiger partial charge in [-0.1, -0.05) is 6.92 Å². The van der Waals surface area contributed by atoms with E-state index in [4.69, 9.17) is 5.73 Å². The minimum Gasteiger partial charge on any atom is -0.383 e. The lowest BCUT2D eigenvalue weighted by atomic mass is 10.4. The number of hydrogen-bond donors (Lipinski definition) is 2. The Hall–Kier alpha value is -0.960. The minimum atomic E-state index is -3.67. The highest BCUT2D eigenvalue weighted by Crippen LogP contribution is 2.22. The van der Waals surface area contributed by atoms with Crippen LogP contribution in [-0.4, -0.2) is 13.4 Å². The Balaban J connectivity index is 2.17. The average molecular weight is 376 g/mol. The molecule has 0 aromatic carbocycles. The van der Waals surface area contributed by atoms with Gasteiger partial charge in [0.25, 0.3) is 0 Å². The summed E-state index contributed by atoms with van der Waals surface area (Å²) in [5, 5.41) is 0. The van der Waals surface area contributed by atoms with E-state index in [-0.39, 0.29) is 17.3 Å². The zero-order valence-electron chi connectivity index (χ0n) is 10.8. The van der Waals surface area contributed by atoms with Gasteiger partial charge in [-0.15, -0.1) is 11.3 Å². The summed E-state index contributed by atoms with van der Waals surface area (Å²) in [6.07, 6.45) is 2.40. The van der Waals surface area contributed by atoms with E-state index in [1.54, 1.807) is 11.3 Å². The van der Waals surface area contributed by atoms with E-state index in [0.29, 0.717) is 4.47 Å². The molecular weight excluding hydrogens is 362 g/mol. The van der Waals surface area contributed by atoms with Crippen LogP contribution >= 0.6 is 27.3 Å². The van der Waals surface area contributed by atoms with Gasteiger partial charge in [0.05, 0.1) is 0 Å². The molecule has 0 saturated heterocycles. The summed E-state index contributed by atoms with van der Waals surface area (Å²) in [5.41, 5.74) is 5.62. The van der Waals surface area contributed by atoms with Crippen molar-refractivity contribution in [3.05, 3.63) is 38.6 Å². The van der Waals surface area contributed by atoms with Crippen LogP contribution in [-0.2, 0) is 23.0 Å². The lowest BCUT2D eigenvalue weighted by molar-refractivity contribution is 0.582. The van der Waals surface area contributed by atoms with Crippen LogP contribution in [0.3, 0.4) is 0 Å². The highest BCUT2D eigenvalue weighted by Gasteiger charge is 2.18. The van der Waals surface area contributed by atoms with Crippen LogP contribution in [0.25, 0.3) is 0 Å². The zero-order chi connectivity index (χ0) is 14.8. The molecule has 0 aliphatic heterocycles. The van der Waals surface area contributed by atoms with E-state index in [2.05, 4.69) is 32.6 Å². The Kier molecular flexibility index (Phi) is 4.79. The third-order valence-corrected chi connectivity index (χ3v) is 5.73.